The molecule has 19 heavy (non-hydrogen) atoms. The maximum atomic E-state index is 12.5. The van der Waals surface area contributed by atoms with Gasteiger partial charge in [-0.05, 0) is 50.6 Å². The van der Waals surface area contributed by atoms with Gasteiger partial charge >= 0.3 is 0 Å². The maximum absolute atomic E-state index is 12.5. The van der Waals surface area contributed by atoms with Crippen molar-refractivity contribution in [1.29, 1.82) is 0 Å². The zero-order valence-electron chi connectivity index (χ0n) is 11.3. The first kappa shape index (κ1) is 13.6. The summed E-state index contributed by atoms with van der Waals surface area (Å²) in [6.45, 7) is 5.28. The van der Waals surface area contributed by atoms with Crippen molar-refractivity contribution in [2.75, 3.05) is 7.11 Å². The van der Waals surface area contributed by atoms with Crippen LogP contribution in [0.15, 0.2) is 29.2 Å². The molecule has 0 unspecified atom stereocenters. The number of nitrogens with zero attached hydrogens (tertiary/aromatic N) is 2. The standard InChI is InChI=1S/C13H16N2O3S/c1-9-7-12(5-6-13(9)18-4)19(16,17)15-11(3)8-10(2)14-15/h5-8H,1-4H3. The van der Waals surface area contributed by atoms with Crippen molar-refractivity contribution in [3.63, 3.8) is 0 Å². The minimum absolute atomic E-state index is 0.206. The summed E-state index contributed by atoms with van der Waals surface area (Å²) < 4.78 is 31.1. The molecule has 6 heteroatoms. The molecule has 2 rings (SSSR count). The molecule has 1 heterocycles. The van der Waals surface area contributed by atoms with E-state index < -0.39 is 10.0 Å². The minimum Gasteiger partial charge on any atom is -0.496 e. The molecule has 1 aromatic heterocycles. The van der Waals surface area contributed by atoms with E-state index >= 15 is 0 Å². The first-order valence-corrected chi connectivity index (χ1v) is 7.24. The largest absolute Gasteiger partial charge is 0.496 e. The molecule has 0 saturated heterocycles. The fourth-order valence-corrected chi connectivity index (χ4v) is 3.40. The van der Waals surface area contributed by atoms with Gasteiger partial charge < -0.3 is 4.74 Å². The highest BCUT2D eigenvalue weighted by Crippen LogP contribution is 2.23. The molecule has 5 nitrogen and oxygen atoms in total. The van der Waals surface area contributed by atoms with Crippen molar-refractivity contribution in [2.24, 2.45) is 0 Å². The number of hydrogen-bond donors (Lipinski definition) is 0. The predicted octanol–water partition coefficient (Wildman–Crippen LogP) is 2.05. The van der Waals surface area contributed by atoms with Gasteiger partial charge in [0.25, 0.3) is 10.0 Å². The topological polar surface area (TPSA) is 61.2 Å². The number of aromatic nitrogens is 2. The Hall–Kier alpha value is -1.82. The van der Waals surface area contributed by atoms with E-state index in [1.54, 1.807) is 46.1 Å². The minimum atomic E-state index is -3.65. The summed E-state index contributed by atoms with van der Waals surface area (Å²) in [5, 5.41) is 4.03. The summed E-state index contributed by atoms with van der Waals surface area (Å²) >= 11 is 0. The Bertz CT molecular complexity index is 717. The first-order valence-electron chi connectivity index (χ1n) is 5.80. The van der Waals surface area contributed by atoms with Gasteiger partial charge in [0.1, 0.15) is 5.75 Å². The summed E-state index contributed by atoms with van der Waals surface area (Å²) in [6, 6.07) is 6.49. The molecule has 0 atom stereocenters. The molecule has 0 bridgehead atoms. The number of hydrogen-bond acceptors (Lipinski definition) is 4. The van der Waals surface area contributed by atoms with Crippen molar-refractivity contribution in [3.8, 4) is 5.75 Å². The lowest BCUT2D eigenvalue weighted by molar-refractivity contribution is 0.411. The average molecular weight is 280 g/mol. The van der Waals surface area contributed by atoms with E-state index in [1.165, 1.54) is 6.07 Å². The van der Waals surface area contributed by atoms with E-state index in [9.17, 15) is 8.42 Å². The number of benzene rings is 1. The SMILES string of the molecule is COc1ccc(S(=O)(=O)n2nc(C)cc2C)cc1C. The van der Waals surface area contributed by atoms with E-state index in [1.807, 2.05) is 0 Å². The molecule has 0 radical (unpaired) electrons. The molecule has 0 N–H and O–H groups in total. The molecule has 2 aromatic rings. The summed E-state index contributed by atoms with van der Waals surface area (Å²) in [6.07, 6.45) is 0. The summed E-state index contributed by atoms with van der Waals surface area (Å²) in [7, 11) is -2.09. The van der Waals surface area contributed by atoms with Crippen LogP contribution in [0.25, 0.3) is 0 Å². The Balaban J connectivity index is 2.57. The molecule has 0 aliphatic carbocycles. The van der Waals surface area contributed by atoms with Gasteiger partial charge in [0, 0.05) is 0 Å². The third-order valence-corrected chi connectivity index (χ3v) is 4.53. The van der Waals surface area contributed by atoms with E-state index in [-0.39, 0.29) is 4.90 Å². The van der Waals surface area contributed by atoms with Gasteiger partial charge in [0.2, 0.25) is 0 Å². The molecule has 0 amide bonds. The highest BCUT2D eigenvalue weighted by atomic mass is 32.2. The Morgan fingerprint density at radius 2 is 1.84 bits per heavy atom. The zero-order chi connectivity index (χ0) is 14.2. The van der Waals surface area contributed by atoms with Gasteiger partial charge in [-0.1, -0.05) is 0 Å². The van der Waals surface area contributed by atoms with Crippen LogP contribution < -0.4 is 4.74 Å². The fourth-order valence-electron chi connectivity index (χ4n) is 1.96. The maximum Gasteiger partial charge on any atom is 0.283 e. The first-order chi connectivity index (χ1) is 8.86. The van der Waals surface area contributed by atoms with Gasteiger partial charge in [-0.3, -0.25) is 0 Å². The lowest BCUT2D eigenvalue weighted by Gasteiger charge is -2.09. The fraction of sp³-hybridized carbons (Fsp3) is 0.308. The van der Waals surface area contributed by atoms with E-state index in [0.29, 0.717) is 17.1 Å². The van der Waals surface area contributed by atoms with E-state index in [4.69, 9.17) is 4.74 Å². The second-order valence-electron chi connectivity index (χ2n) is 4.41. The molecule has 0 spiro atoms. The molecular weight excluding hydrogens is 264 g/mol. The number of ether oxygens (including phenoxy) is 1. The van der Waals surface area contributed by atoms with Crippen LogP contribution in [0.2, 0.25) is 0 Å². The van der Waals surface area contributed by atoms with Crippen LogP contribution in [-0.4, -0.2) is 24.7 Å². The average Bonchev–Trinajstić information content (AvgIpc) is 2.69. The molecule has 0 aliphatic rings. The number of methoxy groups -OCH3 is 1. The van der Waals surface area contributed by atoms with Gasteiger partial charge in [-0.15, -0.1) is 0 Å². The lowest BCUT2D eigenvalue weighted by atomic mass is 10.2. The molecule has 0 fully saturated rings. The third-order valence-electron chi connectivity index (χ3n) is 2.86. The van der Waals surface area contributed by atoms with Gasteiger partial charge in [-0.2, -0.15) is 17.6 Å². The van der Waals surface area contributed by atoms with Crippen LogP contribution in [0.4, 0.5) is 0 Å². The van der Waals surface area contributed by atoms with Crippen LogP contribution >= 0.6 is 0 Å². The summed E-state index contributed by atoms with van der Waals surface area (Å²) in [4.78, 5) is 0.206. The van der Waals surface area contributed by atoms with Crippen LogP contribution in [-0.2, 0) is 10.0 Å². The highest BCUT2D eigenvalue weighted by Gasteiger charge is 2.21. The summed E-state index contributed by atoms with van der Waals surface area (Å²) in [5.74, 6) is 0.660. The molecule has 102 valence electrons. The number of aryl methyl sites for hydroxylation is 3. The van der Waals surface area contributed by atoms with Crippen molar-refractivity contribution in [1.82, 2.24) is 9.19 Å². The second kappa shape index (κ2) is 4.70. The summed E-state index contributed by atoms with van der Waals surface area (Å²) in [5.41, 5.74) is 2.03. The second-order valence-corrected chi connectivity index (χ2v) is 6.17. The van der Waals surface area contributed by atoms with Crippen molar-refractivity contribution >= 4 is 10.0 Å². The van der Waals surface area contributed by atoms with Crippen LogP contribution in [0.5, 0.6) is 5.75 Å². The normalized spacial score (nSPS) is 11.6. The van der Waals surface area contributed by atoms with Crippen molar-refractivity contribution in [2.45, 2.75) is 25.7 Å². The van der Waals surface area contributed by atoms with Gasteiger partial charge in [0.15, 0.2) is 0 Å². The number of rotatable bonds is 3. The predicted molar refractivity (Wildman–Crippen MR) is 72.0 cm³/mol. The Labute approximate surface area is 112 Å². The van der Waals surface area contributed by atoms with Crippen LogP contribution in [0, 0.1) is 20.8 Å². The molecule has 0 saturated carbocycles. The smallest absolute Gasteiger partial charge is 0.283 e. The Kier molecular flexibility index (Phi) is 3.36. The lowest BCUT2D eigenvalue weighted by Crippen LogP contribution is -2.16. The van der Waals surface area contributed by atoms with E-state index in [0.717, 1.165) is 9.65 Å². The molecule has 1 aromatic carbocycles. The van der Waals surface area contributed by atoms with E-state index in [2.05, 4.69) is 5.10 Å². The van der Waals surface area contributed by atoms with Gasteiger partial charge in [0.05, 0.1) is 23.4 Å². The zero-order valence-corrected chi connectivity index (χ0v) is 12.2. The van der Waals surface area contributed by atoms with Crippen molar-refractivity contribution in [3.05, 3.63) is 41.2 Å². The Morgan fingerprint density at radius 1 is 1.16 bits per heavy atom. The quantitative estimate of drug-likeness (QED) is 0.863. The highest BCUT2D eigenvalue weighted by molar-refractivity contribution is 7.89. The van der Waals surface area contributed by atoms with Crippen molar-refractivity contribution < 1.29 is 13.2 Å². The molecule has 0 aliphatic heterocycles. The monoisotopic (exact) mass is 280 g/mol. The van der Waals surface area contributed by atoms with Crippen LogP contribution in [0.1, 0.15) is 17.0 Å². The third kappa shape index (κ3) is 2.35. The Morgan fingerprint density at radius 3 is 2.32 bits per heavy atom. The van der Waals surface area contributed by atoms with Crippen LogP contribution in [0.3, 0.4) is 0 Å². The van der Waals surface area contributed by atoms with Gasteiger partial charge in [-0.25, -0.2) is 0 Å². The molecular formula is C13H16N2O3S.